The molecule has 0 radical (unpaired) electrons. The van der Waals surface area contributed by atoms with Crippen molar-refractivity contribution in [3.8, 4) is 11.5 Å². The van der Waals surface area contributed by atoms with E-state index in [1.165, 1.54) is 5.56 Å². The number of rotatable bonds is 8. The minimum Gasteiger partial charge on any atom is -0.491 e. The highest BCUT2D eigenvalue weighted by molar-refractivity contribution is 5.56. The number of ether oxygens (including phenoxy) is 3. The first-order chi connectivity index (χ1) is 12.2. The standard InChI is InChI=1S/C21H27NO3/c1-16(2)25-18-11-9-17(10-12-18)14-22-20-7-3-4-8-21(20)24-15-19-6-5-13-23-19/h3-4,7-12,16,19,22H,5-6,13-15H2,1-2H3. The van der Waals surface area contributed by atoms with Gasteiger partial charge in [-0.25, -0.2) is 0 Å². The molecule has 1 aliphatic rings. The maximum atomic E-state index is 5.96. The molecule has 1 N–H and O–H groups in total. The first-order valence-corrected chi connectivity index (χ1v) is 9.03. The van der Waals surface area contributed by atoms with E-state index in [1.54, 1.807) is 0 Å². The van der Waals surface area contributed by atoms with E-state index in [2.05, 4.69) is 17.4 Å². The van der Waals surface area contributed by atoms with E-state index in [1.807, 2.05) is 50.2 Å². The molecule has 4 nitrogen and oxygen atoms in total. The summed E-state index contributed by atoms with van der Waals surface area (Å²) in [5.74, 6) is 1.77. The number of hydrogen-bond donors (Lipinski definition) is 1. The first kappa shape index (κ1) is 17.6. The molecule has 0 spiro atoms. The minimum atomic E-state index is 0.192. The largest absolute Gasteiger partial charge is 0.491 e. The molecule has 1 heterocycles. The van der Waals surface area contributed by atoms with Crippen LogP contribution < -0.4 is 14.8 Å². The third-order valence-electron chi connectivity index (χ3n) is 4.11. The lowest BCUT2D eigenvalue weighted by molar-refractivity contribution is 0.0682. The van der Waals surface area contributed by atoms with Gasteiger partial charge in [-0.3, -0.25) is 0 Å². The molecule has 1 saturated heterocycles. The van der Waals surface area contributed by atoms with E-state index in [0.29, 0.717) is 6.61 Å². The number of benzene rings is 2. The van der Waals surface area contributed by atoms with Crippen molar-refractivity contribution in [2.45, 2.75) is 45.4 Å². The Kier molecular flexibility index (Phi) is 6.18. The summed E-state index contributed by atoms with van der Waals surface area (Å²) in [6, 6.07) is 16.2. The van der Waals surface area contributed by atoms with Crippen LogP contribution in [0.1, 0.15) is 32.3 Å². The van der Waals surface area contributed by atoms with Gasteiger partial charge in [0.25, 0.3) is 0 Å². The SMILES string of the molecule is CC(C)Oc1ccc(CNc2ccccc2OCC2CCCO2)cc1. The third kappa shape index (κ3) is 5.40. The Morgan fingerprint density at radius 3 is 2.64 bits per heavy atom. The molecule has 2 aromatic rings. The van der Waals surface area contributed by atoms with Crippen molar-refractivity contribution < 1.29 is 14.2 Å². The van der Waals surface area contributed by atoms with Gasteiger partial charge in [-0.1, -0.05) is 24.3 Å². The number of nitrogens with one attached hydrogen (secondary N) is 1. The summed E-state index contributed by atoms with van der Waals surface area (Å²) in [6.45, 7) is 6.26. The predicted molar refractivity (Wildman–Crippen MR) is 100 cm³/mol. The average molecular weight is 341 g/mol. The van der Waals surface area contributed by atoms with E-state index in [9.17, 15) is 0 Å². The molecule has 0 aromatic heterocycles. The molecule has 3 rings (SSSR count). The highest BCUT2D eigenvalue weighted by Crippen LogP contribution is 2.26. The molecule has 1 atom stereocenters. The fourth-order valence-electron chi connectivity index (χ4n) is 2.85. The zero-order valence-corrected chi connectivity index (χ0v) is 15.0. The Morgan fingerprint density at radius 1 is 1.12 bits per heavy atom. The molecule has 0 amide bonds. The summed E-state index contributed by atoms with van der Waals surface area (Å²) in [6.07, 6.45) is 2.63. The molecule has 1 unspecified atom stereocenters. The summed E-state index contributed by atoms with van der Waals surface area (Å²) >= 11 is 0. The quantitative estimate of drug-likeness (QED) is 0.759. The van der Waals surface area contributed by atoms with Crippen LogP contribution >= 0.6 is 0 Å². The van der Waals surface area contributed by atoms with Crippen LogP contribution in [0.3, 0.4) is 0 Å². The topological polar surface area (TPSA) is 39.7 Å². The number of para-hydroxylation sites is 2. The van der Waals surface area contributed by atoms with Gasteiger partial charge in [-0.2, -0.15) is 0 Å². The minimum absolute atomic E-state index is 0.192. The van der Waals surface area contributed by atoms with Crippen LogP contribution in [0.5, 0.6) is 11.5 Å². The monoisotopic (exact) mass is 341 g/mol. The van der Waals surface area contributed by atoms with E-state index < -0.39 is 0 Å². The number of anilines is 1. The smallest absolute Gasteiger partial charge is 0.142 e. The van der Waals surface area contributed by atoms with Gasteiger partial charge in [0, 0.05) is 13.2 Å². The molecule has 1 fully saturated rings. The van der Waals surface area contributed by atoms with Crippen molar-refractivity contribution in [1.29, 1.82) is 0 Å². The molecule has 4 heteroatoms. The Morgan fingerprint density at radius 2 is 1.92 bits per heavy atom. The lowest BCUT2D eigenvalue weighted by Gasteiger charge is -2.16. The van der Waals surface area contributed by atoms with E-state index in [-0.39, 0.29) is 12.2 Å². The second-order valence-electron chi connectivity index (χ2n) is 6.61. The lowest BCUT2D eigenvalue weighted by Crippen LogP contribution is -2.16. The highest BCUT2D eigenvalue weighted by atomic mass is 16.5. The zero-order valence-electron chi connectivity index (χ0n) is 15.0. The van der Waals surface area contributed by atoms with Crippen molar-refractivity contribution in [2.24, 2.45) is 0 Å². The van der Waals surface area contributed by atoms with Crippen molar-refractivity contribution >= 4 is 5.69 Å². The molecular formula is C21H27NO3. The van der Waals surface area contributed by atoms with Gasteiger partial charge in [0.2, 0.25) is 0 Å². The molecule has 134 valence electrons. The normalized spacial score (nSPS) is 16.8. The van der Waals surface area contributed by atoms with Gasteiger partial charge in [0.15, 0.2) is 0 Å². The van der Waals surface area contributed by atoms with Gasteiger partial charge in [0.1, 0.15) is 18.1 Å². The summed E-state index contributed by atoms with van der Waals surface area (Å²) in [4.78, 5) is 0. The molecule has 1 aliphatic heterocycles. The van der Waals surface area contributed by atoms with Crippen molar-refractivity contribution in [3.05, 3.63) is 54.1 Å². The second-order valence-corrected chi connectivity index (χ2v) is 6.61. The van der Waals surface area contributed by atoms with E-state index >= 15 is 0 Å². The number of hydrogen-bond acceptors (Lipinski definition) is 4. The van der Waals surface area contributed by atoms with Crippen LogP contribution in [0, 0.1) is 0 Å². The van der Waals surface area contributed by atoms with Crippen LogP contribution in [-0.4, -0.2) is 25.4 Å². The molecule has 0 bridgehead atoms. The predicted octanol–water partition coefficient (Wildman–Crippen LogP) is 4.64. The molecule has 0 saturated carbocycles. The lowest BCUT2D eigenvalue weighted by atomic mass is 10.2. The van der Waals surface area contributed by atoms with Crippen molar-refractivity contribution in [2.75, 3.05) is 18.5 Å². The summed E-state index contributed by atoms with van der Waals surface area (Å²) in [7, 11) is 0. The van der Waals surface area contributed by atoms with Gasteiger partial charge in [-0.15, -0.1) is 0 Å². The van der Waals surface area contributed by atoms with Crippen LogP contribution in [0.25, 0.3) is 0 Å². The maximum Gasteiger partial charge on any atom is 0.142 e. The first-order valence-electron chi connectivity index (χ1n) is 9.03. The Balaban J connectivity index is 1.55. The summed E-state index contributed by atoms with van der Waals surface area (Å²) in [5, 5.41) is 3.46. The van der Waals surface area contributed by atoms with Crippen LogP contribution in [0.4, 0.5) is 5.69 Å². The Hall–Kier alpha value is -2.20. The van der Waals surface area contributed by atoms with Gasteiger partial charge in [0.05, 0.1) is 17.9 Å². The zero-order chi connectivity index (χ0) is 17.5. The fraction of sp³-hybridized carbons (Fsp3) is 0.429. The third-order valence-corrected chi connectivity index (χ3v) is 4.11. The average Bonchev–Trinajstić information content (AvgIpc) is 3.13. The molecule has 25 heavy (non-hydrogen) atoms. The van der Waals surface area contributed by atoms with Crippen LogP contribution in [-0.2, 0) is 11.3 Å². The molecule has 2 aromatic carbocycles. The van der Waals surface area contributed by atoms with Gasteiger partial charge >= 0.3 is 0 Å². The van der Waals surface area contributed by atoms with Crippen molar-refractivity contribution in [1.82, 2.24) is 0 Å². The summed E-state index contributed by atoms with van der Waals surface area (Å²) in [5.41, 5.74) is 2.20. The maximum absolute atomic E-state index is 5.96. The van der Waals surface area contributed by atoms with Crippen LogP contribution in [0.2, 0.25) is 0 Å². The Bertz CT molecular complexity index is 648. The van der Waals surface area contributed by atoms with E-state index in [0.717, 1.165) is 43.2 Å². The van der Waals surface area contributed by atoms with Crippen LogP contribution in [0.15, 0.2) is 48.5 Å². The summed E-state index contributed by atoms with van der Waals surface area (Å²) < 4.78 is 17.3. The Labute approximate surface area is 150 Å². The van der Waals surface area contributed by atoms with Gasteiger partial charge < -0.3 is 19.5 Å². The van der Waals surface area contributed by atoms with Gasteiger partial charge in [-0.05, 0) is 56.5 Å². The molecular weight excluding hydrogens is 314 g/mol. The van der Waals surface area contributed by atoms with E-state index in [4.69, 9.17) is 14.2 Å². The highest BCUT2D eigenvalue weighted by Gasteiger charge is 2.16. The second kappa shape index (κ2) is 8.77. The fourth-order valence-corrected chi connectivity index (χ4v) is 2.85. The molecule has 0 aliphatic carbocycles. The van der Waals surface area contributed by atoms with Crippen molar-refractivity contribution in [3.63, 3.8) is 0 Å².